The average Bonchev–Trinajstić information content (AvgIpc) is 2.56. The number of esters is 1. The van der Waals surface area contributed by atoms with Crippen molar-refractivity contribution in [3.63, 3.8) is 0 Å². The second kappa shape index (κ2) is 7.11. The molecule has 1 amide bonds. The van der Waals surface area contributed by atoms with Gasteiger partial charge in [0.25, 0.3) is 5.56 Å². The number of nitrogens with one attached hydrogen (secondary N) is 2. The number of pyridine rings is 1. The lowest BCUT2D eigenvalue weighted by molar-refractivity contribution is -0.144. The van der Waals surface area contributed by atoms with Crippen molar-refractivity contribution in [1.82, 2.24) is 4.98 Å². The summed E-state index contributed by atoms with van der Waals surface area (Å²) in [6, 6.07) is 4.96. The van der Waals surface area contributed by atoms with Gasteiger partial charge in [0.15, 0.2) is 0 Å². The van der Waals surface area contributed by atoms with Gasteiger partial charge in [-0.3, -0.25) is 14.4 Å². The number of fused-ring (bicyclic) bond motifs is 1. The van der Waals surface area contributed by atoms with E-state index < -0.39 is 0 Å². The Bertz CT molecular complexity index is 919. The fourth-order valence-electron chi connectivity index (χ4n) is 2.85. The highest BCUT2D eigenvalue weighted by Gasteiger charge is 2.23. The smallest absolute Gasteiger partial charge is 0.303 e. The predicted octanol–water partition coefficient (Wildman–Crippen LogP) is 3.02. The van der Waals surface area contributed by atoms with Gasteiger partial charge in [-0.05, 0) is 42.5 Å². The number of carbonyl (C=O) groups is 2. The number of amides is 1. The van der Waals surface area contributed by atoms with Gasteiger partial charge in [0.1, 0.15) is 6.10 Å². The number of halogens is 1. The summed E-state index contributed by atoms with van der Waals surface area (Å²) in [5.41, 5.74) is 0.226. The first kappa shape index (κ1) is 17.2. The molecule has 1 aromatic heterocycles. The van der Waals surface area contributed by atoms with Crippen molar-refractivity contribution in [2.45, 2.75) is 25.9 Å². The largest absolute Gasteiger partial charge is 0.458 e. The zero-order chi connectivity index (χ0) is 18.0. The highest BCUT2D eigenvalue weighted by molar-refractivity contribution is 6.34. The highest BCUT2D eigenvalue weighted by atomic mass is 35.5. The minimum Gasteiger partial charge on any atom is -0.458 e. The first-order valence-electron chi connectivity index (χ1n) is 7.91. The van der Waals surface area contributed by atoms with Crippen molar-refractivity contribution in [2.75, 3.05) is 5.32 Å². The van der Waals surface area contributed by atoms with E-state index in [0.29, 0.717) is 34.3 Å². The van der Waals surface area contributed by atoms with Gasteiger partial charge in [0, 0.05) is 18.5 Å². The Morgan fingerprint density at radius 2 is 2.08 bits per heavy atom. The van der Waals surface area contributed by atoms with E-state index in [1.807, 2.05) is 0 Å². The Labute approximate surface area is 148 Å². The summed E-state index contributed by atoms with van der Waals surface area (Å²) in [5.74, 6) is -0.850. The summed E-state index contributed by atoms with van der Waals surface area (Å²) in [4.78, 5) is 37.8. The number of rotatable bonds is 3. The summed E-state index contributed by atoms with van der Waals surface area (Å²) < 4.78 is 5.10. The minimum atomic E-state index is -0.338. The van der Waals surface area contributed by atoms with Crippen LogP contribution in [0.25, 0.3) is 10.8 Å². The molecule has 0 fully saturated rings. The second-order valence-electron chi connectivity index (χ2n) is 5.93. The van der Waals surface area contributed by atoms with Crippen LogP contribution in [0, 0.1) is 5.92 Å². The van der Waals surface area contributed by atoms with Gasteiger partial charge in [-0.1, -0.05) is 17.7 Å². The van der Waals surface area contributed by atoms with Crippen LogP contribution < -0.4 is 10.9 Å². The van der Waals surface area contributed by atoms with Gasteiger partial charge in [-0.25, -0.2) is 0 Å². The zero-order valence-corrected chi connectivity index (χ0v) is 14.3. The third-order valence-corrected chi connectivity index (χ3v) is 4.41. The molecular formula is C18H17ClN2O4. The lowest BCUT2D eigenvalue weighted by Gasteiger charge is -2.22. The summed E-state index contributed by atoms with van der Waals surface area (Å²) in [6.45, 7) is 1.36. The Kier molecular flexibility index (Phi) is 4.90. The molecule has 1 heterocycles. The number of benzene rings is 1. The molecule has 2 aromatic rings. The Hall–Kier alpha value is -2.60. The van der Waals surface area contributed by atoms with Crippen LogP contribution in [0.5, 0.6) is 0 Å². The van der Waals surface area contributed by atoms with Gasteiger partial charge in [-0.2, -0.15) is 0 Å². The molecule has 0 spiro atoms. The number of aromatic nitrogens is 1. The SMILES string of the molecule is CC(=O)O[C@H]1C=C[C@@H](C(=O)Nc2cc3cc[nH]c(=O)c3cc2Cl)CC1. The number of aromatic amines is 1. The van der Waals surface area contributed by atoms with Crippen LogP contribution >= 0.6 is 11.6 Å². The van der Waals surface area contributed by atoms with E-state index in [9.17, 15) is 14.4 Å². The van der Waals surface area contributed by atoms with Crippen molar-refractivity contribution in [3.8, 4) is 0 Å². The first-order chi connectivity index (χ1) is 11.9. The molecule has 2 atom stereocenters. The fraction of sp³-hybridized carbons (Fsp3) is 0.278. The quantitative estimate of drug-likeness (QED) is 0.650. The molecule has 25 heavy (non-hydrogen) atoms. The van der Waals surface area contributed by atoms with Crippen molar-refractivity contribution in [1.29, 1.82) is 0 Å². The molecule has 0 aliphatic heterocycles. The van der Waals surface area contributed by atoms with Crippen LogP contribution in [0.4, 0.5) is 5.69 Å². The second-order valence-corrected chi connectivity index (χ2v) is 6.34. The van der Waals surface area contributed by atoms with Gasteiger partial charge in [0.2, 0.25) is 5.91 Å². The van der Waals surface area contributed by atoms with E-state index in [4.69, 9.17) is 16.3 Å². The van der Waals surface area contributed by atoms with Crippen LogP contribution in [0.15, 0.2) is 41.3 Å². The number of hydrogen-bond acceptors (Lipinski definition) is 4. The fourth-order valence-corrected chi connectivity index (χ4v) is 3.07. The molecule has 2 N–H and O–H groups in total. The summed E-state index contributed by atoms with van der Waals surface area (Å²) in [5, 5.41) is 4.26. The van der Waals surface area contributed by atoms with E-state index in [1.165, 1.54) is 6.92 Å². The maximum absolute atomic E-state index is 12.5. The van der Waals surface area contributed by atoms with Gasteiger partial charge < -0.3 is 15.0 Å². The topological polar surface area (TPSA) is 88.3 Å². The molecule has 0 radical (unpaired) electrons. The molecule has 0 saturated carbocycles. The van der Waals surface area contributed by atoms with Crippen molar-refractivity contribution in [2.24, 2.45) is 5.92 Å². The van der Waals surface area contributed by atoms with Gasteiger partial charge in [0.05, 0.1) is 16.6 Å². The van der Waals surface area contributed by atoms with Crippen LogP contribution in [0.2, 0.25) is 5.02 Å². The molecule has 1 aromatic carbocycles. The van der Waals surface area contributed by atoms with Gasteiger partial charge in [-0.15, -0.1) is 0 Å². The predicted molar refractivity (Wildman–Crippen MR) is 95.6 cm³/mol. The summed E-state index contributed by atoms with van der Waals surface area (Å²) >= 11 is 6.20. The third kappa shape index (κ3) is 3.91. The molecular weight excluding hydrogens is 344 g/mol. The van der Waals surface area contributed by atoms with Crippen LogP contribution in [0.1, 0.15) is 19.8 Å². The van der Waals surface area contributed by atoms with Crippen molar-refractivity contribution in [3.05, 3.63) is 51.9 Å². The molecule has 0 unspecified atom stereocenters. The highest BCUT2D eigenvalue weighted by Crippen LogP contribution is 2.28. The van der Waals surface area contributed by atoms with E-state index in [-0.39, 0.29) is 29.5 Å². The normalized spacial score (nSPS) is 19.6. The lowest BCUT2D eigenvalue weighted by Crippen LogP contribution is -2.27. The third-order valence-electron chi connectivity index (χ3n) is 4.09. The van der Waals surface area contributed by atoms with E-state index in [0.717, 1.165) is 0 Å². The number of carbonyl (C=O) groups excluding carboxylic acids is 2. The molecule has 0 bridgehead atoms. The molecule has 6 nitrogen and oxygen atoms in total. The Morgan fingerprint density at radius 3 is 2.76 bits per heavy atom. The Morgan fingerprint density at radius 1 is 1.28 bits per heavy atom. The Balaban J connectivity index is 1.75. The number of ether oxygens (including phenoxy) is 1. The van der Waals surface area contributed by atoms with Crippen LogP contribution in [-0.2, 0) is 14.3 Å². The lowest BCUT2D eigenvalue weighted by atomic mass is 9.93. The molecule has 1 aliphatic rings. The minimum absolute atomic E-state index is 0.191. The maximum Gasteiger partial charge on any atom is 0.303 e. The first-order valence-corrected chi connectivity index (χ1v) is 8.29. The molecule has 7 heteroatoms. The van der Waals surface area contributed by atoms with Crippen molar-refractivity contribution < 1.29 is 14.3 Å². The van der Waals surface area contributed by atoms with E-state index in [1.54, 1.807) is 36.5 Å². The number of hydrogen-bond donors (Lipinski definition) is 2. The molecule has 130 valence electrons. The van der Waals surface area contributed by atoms with Crippen molar-refractivity contribution >= 4 is 39.9 Å². The number of H-pyrrole nitrogens is 1. The monoisotopic (exact) mass is 360 g/mol. The molecule has 3 rings (SSSR count). The molecule has 0 saturated heterocycles. The van der Waals surface area contributed by atoms with E-state index in [2.05, 4.69) is 10.3 Å². The average molecular weight is 361 g/mol. The van der Waals surface area contributed by atoms with Crippen LogP contribution in [0.3, 0.4) is 0 Å². The maximum atomic E-state index is 12.5. The van der Waals surface area contributed by atoms with Crippen LogP contribution in [-0.4, -0.2) is 23.0 Å². The standard InChI is InChI=1S/C18H17ClN2O4/c1-10(22)25-13-4-2-11(3-5-13)17(23)21-16-8-12-6-7-20-18(24)14(12)9-15(16)19/h2,4,6-9,11,13H,3,5H2,1H3,(H,20,24)(H,21,23)/t11-,13+/m1/s1. The van der Waals surface area contributed by atoms with E-state index >= 15 is 0 Å². The molecule has 1 aliphatic carbocycles. The van der Waals surface area contributed by atoms with Gasteiger partial charge >= 0.3 is 5.97 Å². The zero-order valence-electron chi connectivity index (χ0n) is 13.5. The summed E-state index contributed by atoms with van der Waals surface area (Å²) in [6.07, 6.45) is 5.91. The summed E-state index contributed by atoms with van der Waals surface area (Å²) in [7, 11) is 0. The number of anilines is 1.